The van der Waals surface area contributed by atoms with Crippen molar-refractivity contribution in [1.82, 2.24) is 4.90 Å². The summed E-state index contributed by atoms with van der Waals surface area (Å²) in [5.74, 6) is -0.731. The largest absolute Gasteiger partial charge is 0.436 e. The van der Waals surface area contributed by atoms with Gasteiger partial charge < -0.3 is 4.74 Å². The van der Waals surface area contributed by atoms with E-state index in [9.17, 15) is 14.0 Å². The number of halogens is 1. The molecule has 118 valence electrons. The summed E-state index contributed by atoms with van der Waals surface area (Å²) in [5.41, 5.74) is 1.30. The van der Waals surface area contributed by atoms with Gasteiger partial charge in [0, 0.05) is 5.56 Å². The maximum Gasteiger partial charge on any atom is 0.411 e. The van der Waals surface area contributed by atoms with E-state index in [0.29, 0.717) is 5.56 Å². The number of nitrogens with zero attached hydrogens (tertiary/aromatic N) is 1. The maximum atomic E-state index is 12.9. The van der Waals surface area contributed by atoms with E-state index in [-0.39, 0.29) is 18.4 Å². The van der Waals surface area contributed by atoms with Crippen molar-refractivity contribution >= 4 is 11.9 Å². The Labute approximate surface area is 133 Å². The highest BCUT2D eigenvalue weighted by atomic mass is 19.1. The Balaban J connectivity index is 1.74. The molecule has 0 saturated carbocycles. The smallest absolute Gasteiger partial charge is 0.411 e. The molecule has 2 atom stereocenters. The van der Waals surface area contributed by atoms with Crippen molar-refractivity contribution < 1.29 is 18.7 Å². The summed E-state index contributed by atoms with van der Waals surface area (Å²) in [6.45, 7) is 2.08. The highest BCUT2D eigenvalue weighted by Crippen LogP contribution is 2.26. The van der Waals surface area contributed by atoms with Crippen LogP contribution in [0.2, 0.25) is 0 Å². The van der Waals surface area contributed by atoms with Crippen molar-refractivity contribution in [1.29, 1.82) is 0 Å². The van der Waals surface area contributed by atoms with Crippen molar-refractivity contribution in [3.05, 3.63) is 71.5 Å². The molecule has 1 fully saturated rings. The quantitative estimate of drug-likeness (QED) is 0.810. The van der Waals surface area contributed by atoms with Crippen molar-refractivity contribution in [2.75, 3.05) is 6.54 Å². The monoisotopic (exact) mass is 313 g/mol. The fourth-order valence-corrected chi connectivity index (χ4v) is 2.64. The third-order valence-corrected chi connectivity index (χ3v) is 4.01. The highest BCUT2D eigenvalue weighted by molar-refractivity contribution is 6.01. The molecule has 4 nitrogen and oxygen atoms in total. The van der Waals surface area contributed by atoms with Gasteiger partial charge in [0.15, 0.2) is 6.10 Å². The second-order valence-electron chi connectivity index (χ2n) is 5.48. The van der Waals surface area contributed by atoms with Crippen LogP contribution in [0.3, 0.4) is 0 Å². The first-order valence-electron chi connectivity index (χ1n) is 7.38. The Morgan fingerprint density at radius 2 is 1.83 bits per heavy atom. The van der Waals surface area contributed by atoms with Crippen LogP contribution < -0.4 is 0 Å². The number of rotatable bonds is 4. The molecule has 1 saturated heterocycles. The molecule has 3 rings (SSSR count). The van der Waals surface area contributed by atoms with Gasteiger partial charge in [-0.1, -0.05) is 30.3 Å². The maximum absolute atomic E-state index is 12.9. The number of Topliss-reactive ketones (excluding diaryl/α,β-unsaturated/α-hetero) is 1. The lowest BCUT2D eigenvalue weighted by molar-refractivity contribution is 0.0760. The molecule has 0 aliphatic carbocycles. The van der Waals surface area contributed by atoms with Crippen LogP contribution >= 0.6 is 0 Å². The number of benzene rings is 2. The minimum absolute atomic E-state index is 0.185. The minimum atomic E-state index is -0.862. The summed E-state index contributed by atoms with van der Waals surface area (Å²) < 4.78 is 18.1. The van der Waals surface area contributed by atoms with Crippen LogP contribution in [0, 0.1) is 5.82 Å². The van der Waals surface area contributed by atoms with Gasteiger partial charge in [0.05, 0.1) is 12.6 Å². The number of hydrogen-bond donors (Lipinski definition) is 0. The molecule has 0 aromatic heterocycles. The molecular weight excluding hydrogens is 297 g/mol. The molecule has 0 bridgehead atoms. The topological polar surface area (TPSA) is 46.6 Å². The van der Waals surface area contributed by atoms with E-state index in [1.165, 1.54) is 29.2 Å². The summed E-state index contributed by atoms with van der Waals surface area (Å²) in [7, 11) is 0. The third-order valence-electron chi connectivity index (χ3n) is 4.01. The number of carbonyl (C=O) groups excluding carboxylic acids is 2. The van der Waals surface area contributed by atoms with Crippen LogP contribution in [0.5, 0.6) is 0 Å². The van der Waals surface area contributed by atoms with Crippen LogP contribution in [-0.4, -0.2) is 29.4 Å². The van der Waals surface area contributed by atoms with Crippen LogP contribution in [-0.2, 0) is 4.74 Å². The molecule has 5 heteroatoms. The first kappa shape index (κ1) is 15.2. The zero-order valence-electron chi connectivity index (χ0n) is 12.6. The van der Waals surface area contributed by atoms with Crippen LogP contribution in [0.25, 0.3) is 0 Å². The minimum Gasteiger partial charge on any atom is -0.436 e. The molecular formula is C18H16FNO3. The van der Waals surface area contributed by atoms with Gasteiger partial charge in [-0.05, 0) is 36.8 Å². The van der Waals surface area contributed by atoms with Crippen molar-refractivity contribution in [2.45, 2.75) is 19.1 Å². The lowest BCUT2D eigenvalue weighted by Crippen LogP contribution is -2.30. The number of ketones is 1. The number of amides is 1. The molecule has 2 aromatic carbocycles. The fourth-order valence-electron chi connectivity index (χ4n) is 2.64. The van der Waals surface area contributed by atoms with Crippen molar-refractivity contribution in [3.63, 3.8) is 0 Å². The van der Waals surface area contributed by atoms with E-state index in [2.05, 4.69) is 0 Å². The number of ether oxygens (including phenoxy) is 1. The average Bonchev–Trinajstić information content (AvgIpc) is 2.97. The molecule has 2 aromatic rings. The van der Waals surface area contributed by atoms with Gasteiger partial charge in [-0.2, -0.15) is 0 Å². The average molecular weight is 313 g/mol. The summed E-state index contributed by atoms with van der Waals surface area (Å²) in [5, 5.41) is 0. The molecule has 0 N–H and O–H groups in total. The van der Waals surface area contributed by atoms with E-state index in [1.807, 2.05) is 37.3 Å². The molecule has 1 aliphatic heterocycles. The van der Waals surface area contributed by atoms with Crippen LogP contribution in [0.15, 0.2) is 54.6 Å². The lowest BCUT2D eigenvalue weighted by Gasteiger charge is -2.22. The van der Waals surface area contributed by atoms with Crippen molar-refractivity contribution in [2.24, 2.45) is 0 Å². The Kier molecular flexibility index (Phi) is 4.10. The van der Waals surface area contributed by atoms with Gasteiger partial charge in [0.25, 0.3) is 0 Å². The fraction of sp³-hybridized carbons (Fsp3) is 0.222. The number of carbonyl (C=O) groups is 2. The van der Waals surface area contributed by atoms with E-state index in [4.69, 9.17) is 4.74 Å². The zero-order valence-corrected chi connectivity index (χ0v) is 12.6. The van der Waals surface area contributed by atoms with Gasteiger partial charge in [-0.15, -0.1) is 0 Å². The predicted molar refractivity (Wildman–Crippen MR) is 82.6 cm³/mol. The van der Waals surface area contributed by atoms with E-state index in [0.717, 1.165) is 5.56 Å². The summed E-state index contributed by atoms with van der Waals surface area (Å²) in [6.07, 6.45) is -1.37. The standard InChI is InChI=1S/C18H16FNO3/c1-12(13-5-3-2-4-6-13)20-11-16(23-18(20)22)17(21)14-7-9-15(19)10-8-14/h2-10,12,16H,11H2,1H3/t12-,16+/m1/s1. The second kappa shape index (κ2) is 6.20. The van der Waals surface area contributed by atoms with Crippen molar-refractivity contribution in [3.8, 4) is 0 Å². The lowest BCUT2D eigenvalue weighted by atomic mass is 10.0. The molecule has 23 heavy (non-hydrogen) atoms. The molecule has 1 amide bonds. The van der Waals surface area contributed by atoms with Gasteiger partial charge in [-0.3, -0.25) is 9.69 Å². The first-order chi connectivity index (χ1) is 11.1. The summed E-state index contributed by atoms with van der Waals surface area (Å²) >= 11 is 0. The van der Waals surface area contributed by atoms with E-state index < -0.39 is 18.0 Å². The molecule has 0 spiro atoms. The van der Waals surface area contributed by atoms with E-state index >= 15 is 0 Å². The summed E-state index contributed by atoms with van der Waals surface area (Å²) in [4.78, 5) is 26.0. The van der Waals surface area contributed by atoms with Crippen LogP contribution in [0.1, 0.15) is 28.9 Å². The first-order valence-corrected chi connectivity index (χ1v) is 7.38. The van der Waals surface area contributed by atoms with Gasteiger partial charge >= 0.3 is 6.09 Å². The Bertz CT molecular complexity index is 715. The Morgan fingerprint density at radius 3 is 2.48 bits per heavy atom. The molecule has 1 aliphatic rings. The van der Waals surface area contributed by atoms with Crippen LogP contribution in [0.4, 0.5) is 9.18 Å². The summed E-state index contributed by atoms with van der Waals surface area (Å²) in [6, 6.07) is 14.6. The Morgan fingerprint density at radius 1 is 1.17 bits per heavy atom. The Hall–Kier alpha value is -2.69. The number of hydrogen-bond acceptors (Lipinski definition) is 3. The van der Waals surface area contributed by atoms with Gasteiger partial charge in [0.1, 0.15) is 5.82 Å². The van der Waals surface area contributed by atoms with Gasteiger partial charge in [0.2, 0.25) is 5.78 Å². The molecule has 0 radical (unpaired) electrons. The predicted octanol–water partition coefficient (Wildman–Crippen LogP) is 3.59. The SMILES string of the molecule is C[C@H](c1ccccc1)N1C[C@@H](C(=O)c2ccc(F)cc2)OC1=O. The number of cyclic esters (lactones) is 1. The molecule has 1 heterocycles. The zero-order chi connectivity index (χ0) is 16.4. The second-order valence-corrected chi connectivity index (χ2v) is 5.48. The molecule has 0 unspecified atom stereocenters. The highest BCUT2D eigenvalue weighted by Gasteiger charge is 2.39. The van der Waals surface area contributed by atoms with E-state index in [1.54, 1.807) is 0 Å². The third kappa shape index (κ3) is 3.08. The van der Waals surface area contributed by atoms with Gasteiger partial charge in [-0.25, -0.2) is 9.18 Å². The normalized spacial score (nSPS) is 18.6.